The average molecular weight is 298 g/mol. The van der Waals surface area contributed by atoms with Gasteiger partial charge in [0.1, 0.15) is 0 Å². The second-order valence-corrected chi connectivity index (χ2v) is 6.41. The summed E-state index contributed by atoms with van der Waals surface area (Å²) in [5, 5.41) is 5.88. The maximum atomic E-state index is 12.3. The molecule has 2 aliphatic rings. The summed E-state index contributed by atoms with van der Waals surface area (Å²) in [6.45, 7) is 3.86. The van der Waals surface area contributed by atoms with E-state index in [0.29, 0.717) is 5.57 Å². The molecule has 0 atom stereocenters. The van der Waals surface area contributed by atoms with Crippen LogP contribution in [-0.2, 0) is 9.59 Å². The maximum absolute atomic E-state index is 12.3. The van der Waals surface area contributed by atoms with Gasteiger partial charge in [-0.15, -0.1) is 0 Å². The molecule has 2 N–H and O–H groups in total. The van der Waals surface area contributed by atoms with Crippen molar-refractivity contribution < 1.29 is 9.59 Å². The van der Waals surface area contributed by atoms with Gasteiger partial charge in [0.05, 0.1) is 0 Å². The summed E-state index contributed by atoms with van der Waals surface area (Å²) in [4.78, 5) is 24.3. The predicted molar refractivity (Wildman–Crippen MR) is 88.5 cm³/mol. The van der Waals surface area contributed by atoms with Crippen molar-refractivity contribution in [3.8, 4) is 0 Å². The number of allylic oxidation sites excluding steroid dienone is 1. The summed E-state index contributed by atoms with van der Waals surface area (Å²) in [6, 6.07) is 5.61. The van der Waals surface area contributed by atoms with Crippen LogP contribution in [-0.4, -0.2) is 11.8 Å². The molecule has 0 saturated heterocycles. The molecule has 0 bridgehead atoms. The zero-order chi connectivity index (χ0) is 15.7. The fourth-order valence-electron chi connectivity index (χ4n) is 3.35. The van der Waals surface area contributed by atoms with Crippen LogP contribution in [0.1, 0.15) is 51.5 Å². The van der Waals surface area contributed by atoms with Crippen LogP contribution in [0, 0.1) is 5.92 Å². The topological polar surface area (TPSA) is 58.2 Å². The van der Waals surface area contributed by atoms with E-state index in [9.17, 15) is 9.59 Å². The largest absolute Gasteiger partial charge is 0.326 e. The number of carbonyl (C=O) groups is 2. The van der Waals surface area contributed by atoms with Crippen LogP contribution >= 0.6 is 0 Å². The Bertz CT molecular complexity index is 651. The van der Waals surface area contributed by atoms with E-state index in [4.69, 9.17) is 0 Å². The molecule has 116 valence electrons. The number of anilines is 2. The van der Waals surface area contributed by atoms with E-state index < -0.39 is 0 Å². The van der Waals surface area contributed by atoms with Crippen LogP contribution in [0.4, 0.5) is 11.4 Å². The lowest BCUT2D eigenvalue weighted by atomic mass is 9.88. The van der Waals surface area contributed by atoms with Crippen molar-refractivity contribution >= 4 is 28.8 Å². The van der Waals surface area contributed by atoms with Gasteiger partial charge in [-0.05, 0) is 44.9 Å². The number of rotatable bonds is 2. The van der Waals surface area contributed by atoms with Gasteiger partial charge in [-0.25, -0.2) is 0 Å². The highest BCUT2D eigenvalue weighted by Crippen LogP contribution is 2.36. The van der Waals surface area contributed by atoms with Gasteiger partial charge in [0.2, 0.25) is 5.91 Å². The summed E-state index contributed by atoms with van der Waals surface area (Å²) < 4.78 is 0. The van der Waals surface area contributed by atoms with E-state index in [0.717, 1.165) is 48.2 Å². The molecule has 22 heavy (non-hydrogen) atoms. The number of hydrogen-bond acceptors (Lipinski definition) is 2. The smallest absolute Gasteiger partial charge is 0.256 e. The van der Waals surface area contributed by atoms with Gasteiger partial charge in [-0.3, -0.25) is 9.59 Å². The van der Waals surface area contributed by atoms with Crippen molar-refractivity contribution in [2.45, 2.75) is 46.0 Å². The highest BCUT2D eigenvalue weighted by Gasteiger charge is 2.26. The number of benzene rings is 1. The Morgan fingerprint density at radius 2 is 1.91 bits per heavy atom. The van der Waals surface area contributed by atoms with Crippen molar-refractivity contribution in [1.82, 2.24) is 0 Å². The molecule has 1 saturated carbocycles. The second kappa shape index (κ2) is 5.95. The first-order chi connectivity index (χ1) is 10.6. The number of carbonyl (C=O) groups excluding carboxylic acids is 2. The molecule has 1 aromatic rings. The summed E-state index contributed by atoms with van der Waals surface area (Å²) in [6.07, 6.45) is 5.48. The second-order valence-electron chi connectivity index (χ2n) is 6.41. The quantitative estimate of drug-likeness (QED) is 0.812. The lowest BCUT2D eigenvalue weighted by molar-refractivity contribution is -0.120. The Kier molecular flexibility index (Phi) is 4.01. The predicted octanol–water partition coefficient (Wildman–Crippen LogP) is 3.95. The van der Waals surface area contributed by atoms with Crippen LogP contribution in [0.15, 0.2) is 23.8 Å². The minimum Gasteiger partial charge on any atom is -0.326 e. The van der Waals surface area contributed by atoms with Gasteiger partial charge in [0.25, 0.3) is 5.91 Å². The van der Waals surface area contributed by atoms with E-state index in [-0.39, 0.29) is 17.7 Å². The maximum Gasteiger partial charge on any atom is 0.256 e. The van der Waals surface area contributed by atoms with Crippen molar-refractivity contribution in [1.29, 1.82) is 0 Å². The minimum atomic E-state index is -0.0641. The summed E-state index contributed by atoms with van der Waals surface area (Å²) >= 11 is 0. The summed E-state index contributed by atoms with van der Waals surface area (Å²) in [5.74, 6) is 0.172. The SMILES string of the molecule is CC(C)=C1C(=O)Nc2ccc(NC(=O)C3CCCCC3)cc21. The fourth-order valence-corrected chi connectivity index (χ4v) is 3.35. The Balaban J connectivity index is 1.81. The van der Waals surface area contributed by atoms with Crippen LogP contribution < -0.4 is 10.6 Å². The van der Waals surface area contributed by atoms with Crippen molar-refractivity contribution in [2.75, 3.05) is 10.6 Å². The molecule has 0 spiro atoms. The minimum absolute atomic E-state index is 0.0641. The van der Waals surface area contributed by atoms with Gasteiger partial charge >= 0.3 is 0 Å². The number of nitrogens with one attached hydrogen (secondary N) is 2. The van der Waals surface area contributed by atoms with E-state index in [1.54, 1.807) is 0 Å². The summed E-state index contributed by atoms with van der Waals surface area (Å²) in [7, 11) is 0. The standard InChI is InChI=1S/C18H22N2O2/c1-11(2)16-14-10-13(8-9-15(14)20-18(16)22)19-17(21)12-6-4-3-5-7-12/h8-10,12H,3-7H2,1-2H3,(H,19,21)(H,20,22). The third-order valence-corrected chi connectivity index (χ3v) is 4.51. The summed E-state index contributed by atoms with van der Waals surface area (Å²) in [5.41, 5.74) is 4.16. The third-order valence-electron chi connectivity index (χ3n) is 4.51. The van der Waals surface area contributed by atoms with Crippen LogP contribution in [0.5, 0.6) is 0 Å². The van der Waals surface area contributed by atoms with Crippen molar-refractivity contribution in [2.24, 2.45) is 5.92 Å². The number of fused-ring (bicyclic) bond motifs is 1. The Hall–Kier alpha value is -2.10. The van der Waals surface area contributed by atoms with Gasteiger partial charge < -0.3 is 10.6 Å². The molecule has 1 aliphatic carbocycles. The molecule has 4 nitrogen and oxygen atoms in total. The molecule has 1 heterocycles. The number of hydrogen-bond donors (Lipinski definition) is 2. The molecular formula is C18H22N2O2. The van der Waals surface area contributed by atoms with Gasteiger partial charge in [-0.1, -0.05) is 24.8 Å². The molecule has 1 fully saturated rings. The van der Waals surface area contributed by atoms with Crippen LogP contribution in [0.3, 0.4) is 0 Å². The monoisotopic (exact) mass is 298 g/mol. The molecule has 2 amide bonds. The molecule has 0 radical (unpaired) electrons. The van der Waals surface area contributed by atoms with E-state index in [2.05, 4.69) is 10.6 Å². The van der Waals surface area contributed by atoms with E-state index in [1.165, 1.54) is 6.42 Å². The normalized spacial score (nSPS) is 17.9. The van der Waals surface area contributed by atoms with Crippen LogP contribution in [0.25, 0.3) is 5.57 Å². The van der Waals surface area contributed by atoms with Gasteiger partial charge in [-0.2, -0.15) is 0 Å². The lowest BCUT2D eigenvalue weighted by Crippen LogP contribution is -2.24. The molecule has 1 aromatic carbocycles. The van der Waals surface area contributed by atoms with Crippen molar-refractivity contribution in [3.63, 3.8) is 0 Å². The zero-order valence-electron chi connectivity index (χ0n) is 13.2. The van der Waals surface area contributed by atoms with Crippen molar-refractivity contribution in [3.05, 3.63) is 29.3 Å². The molecule has 1 aliphatic heterocycles. The van der Waals surface area contributed by atoms with E-state index >= 15 is 0 Å². The Morgan fingerprint density at radius 3 is 2.59 bits per heavy atom. The molecule has 4 heteroatoms. The zero-order valence-corrected chi connectivity index (χ0v) is 13.2. The van der Waals surface area contributed by atoms with E-state index in [1.807, 2.05) is 32.0 Å². The van der Waals surface area contributed by atoms with Gasteiger partial charge in [0, 0.05) is 28.4 Å². The van der Waals surface area contributed by atoms with Crippen LogP contribution in [0.2, 0.25) is 0 Å². The third kappa shape index (κ3) is 2.78. The first kappa shape index (κ1) is 14.8. The first-order valence-corrected chi connectivity index (χ1v) is 8.00. The molecule has 3 rings (SSSR count). The van der Waals surface area contributed by atoms with Gasteiger partial charge in [0.15, 0.2) is 0 Å². The fraction of sp³-hybridized carbons (Fsp3) is 0.444. The average Bonchev–Trinajstić information content (AvgIpc) is 2.83. The molecule has 0 aromatic heterocycles. The number of amides is 2. The molecule has 0 unspecified atom stereocenters. The first-order valence-electron chi connectivity index (χ1n) is 8.00. The highest BCUT2D eigenvalue weighted by molar-refractivity contribution is 6.32. The lowest BCUT2D eigenvalue weighted by Gasteiger charge is -2.20. The molecular weight excluding hydrogens is 276 g/mol. The Morgan fingerprint density at radius 1 is 1.18 bits per heavy atom. The Labute approximate surface area is 131 Å². The highest BCUT2D eigenvalue weighted by atomic mass is 16.2.